The molecule has 4 nitrogen and oxygen atoms in total. The van der Waals surface area contributed by atoms with Gasteiger partial charge in [0, 0.05) is 12.1 Å². The third-order valence-electron chi connectivity index (χ3n) is 7.07. The van der Waals surface area contributed by atoms with Gasteiger partial charge in [-0.2, -0.15) is 13.2 Å². The van der Waals surface area contributed by atoms with Gasteiger partial charge in [-0.3, -0.25) is 0 Å². The van der Waals surface area contributed by atoms with Crippen molar-refractivity contribution < 1.29 is 26.9 Å². The molecule has 39 heavy (non-hydrogen) atoms. The van der Waals surface area contributed by atoms with E-state index in [1.54, 1.807) is 18.2 Å². The summed E-state index contributed by atoms with van der Waals surface area (Å²) in [6.45, 7) is 2.09. The molecule has 1 fully saturated rings. The van der Waals surface area contributed by atoms with Gasteiger partial charge in [0.25, 0.3) is 0 Å². The number of nitrogens with zero attached hydrogens (tertiary/aromatic N) is 1. The molecular formula is C30H27ClF3NO3S. The molecule has 0 bridgehead atoms. The van der Waals surface area contributed by atoms with Crippen LogP contribution in [0.3, 0.4) is 0 Å². The minimum Gasteiger partial charge on any atom is -0.466 e. The quantitative estimate of drug-likeness (QED) is 0.161. The van der Waals surface area contributed by atoms with Crippen LogP contribution < -0.4 is 9.08 Å². The lowest BCUT2D eigenvalue weighted by Gasteiger charge is -2.44. The Morgan fingerprint density at radius 2 is 1.77 bits per heavy atom. The number of hydrogen-bond acceptors (Lipinski definition) is 5. The monoisotopic (exact) mass is 573 g/mol. The number of carbonyl (C=O) groups excluding carboxylic acids is 1. The Morgan fingerprint density at radius 3 is 2.41 bits per heavy atom. The average Bonchev–Trinajstić information content (AvgIpc) is 3.75. The zero-order valence-electron chi connectivity index (χ0n) is 21.4. The van der Waals surface area contributed by atoms with Gasteiger partial charge in [0.1, 0.15) is 5.75 Å². The fourth-order valence-corrected chi connectivity index (χ4v) is 5.72. The number of ether oxygens (including phenoxy) is 1. The van der Waals surface area contributed by atoms with Crippen LogP contribution in [-0.2, 0) is 16.0 Å². The summed E-state index contributed by atoms with van der Waals surface area (Å²) in [4.78, 5) is 13.8. The van der Waals surface area contributed by atoms with Crippen LogP contribution >= 0.6 is 23.6 Å². The number of carbonyl (C=O) groups is 1. The molecule has 204 valence electrons. The Labute approximate surface area is 235 Å². The zero-order valence-corrected chi connectivity index (χ0v) is 22.9. The molecule has 5 rings (SSSR count). The predicted molar refractivity (Wildman–Crippen MR) is 149 cm³/mol. The first-order valence-corrected chi connectivity index (χ1v) is 13.7. The van der Waals surface area contributed by atoms with E-state index in [1.807, 2.05) is 30.3 Å². The highest BCUT2D eigenvalue weighted by Crippen LogP contribution is 2.47. The van der Waals surface area contributed by atoms with Crippen LogP contribution in [0.5, 0.6) is 5.75 Å². The molecule has 0 saturated heterocycles. The summed E-state index contributed by atoms with van der Waals surface area (Å²) < 4.78 is 47.8. The third-order valence-corrected chi connectivity index (χ3v) is 7.84. The van der Waals surface area contributed by atoms with Gasteiger partial charge in [-0.1, -0.05) is 48.0 Å². The summed E-state index contributed by atoms with van der Waals surface area (Å²) in [6.07, 6.45) is 6.01. The molecule has 0 aromatic heterocycles. The van der Waals surface area contributed by atoms with E-state index in [2.05, 4.69) is 34.8 Å². The lowest BCUT2D eigenvalue weighted by Crippen LogP contribution is -2.43. The Kier molecular flexibility index (Phi) is 7.87. The van der Waals surface area contributed by atoms with Crippen LogP contribution in [0.1, 0.15) is 59.5 Å². The molecule has 0 spiro atoms. The Balaban J connectivity index is 1.54. The number of rotatable bonds is 7. The lowest BCUT2D eigenvalue weighted by atomic mass is 9.84. The molecular weight excluding hydrogens is 547 g/mol. The number of hydrogen-bond donors (Lipinski definition) is 0. The number of benzene rings is 3. The van der Waals surface area contributed by atoms with Crippen molar-refractivity contribution in [1.82, 2.24) is 0 Å². The van der Waals surface area contributed by atoms with Gasteiger partial charge in [-0.15, -0.1) is 0 Å². The molecule has 1 heterocycles. The number of alkyl halides is 3. The van der Waals surface area contributed by atoms with E-state index in [-0.39, 0.29) is 17.8 Å². The number of fused-ring (bicyclic) bond motifs is 1. The van der Waals surface area contributed by atoms with E-state index in [1.165, 1.54) is 31.6 Å². The number of halogens is 4. The molecule has 1 saturated carbocycles. The Hall–Kier alpha value is -3.10. The van der Waals surface area contributed by atoms with Crippen LogP contribution in [0, 0.1) is 0 Å². The van der Waals surface area contributed by atoms with E-state index in [0.717, 1.165) is 27.9 Å². The van der Waals surface area contributed by atoms with Crippen molar-refractivity contribution in [2.75, 3.05) is 12.0 Å². The third kappa shape index (κ3) is 6.39. The second-order valence-electron chi connectivity index (χ2n) is 9.84. The molecule has 0 N–H and O–H groups in total. The zero-order chi connectivity index (χ0) is 27.7. The Morgan fingerprint density at radius 1 is 1.05 bits per heavy atom. The normalized spacial score (nSPS) is 19.2. The molecule has 2 aliphatic rings. The van der Waals surface area contributed by atoms with Gasteiger partial charge < -0.3 is 13.8 Å². The molecule has 0 amide bonds. The first-order valence-electron chi connectivity index (χ1n) is 12.6. The van der Waals surface area contributed by atoms with E-state index < -0.39 is 23.5 Å². The minimum atomic E-state index is -4.49. The van der Waals surface area contributed by atoms with Crippen LogP contribution in [-0.4, -0.2) is 24.6 Å². The maximum absolute atomic E-state index is 12.7. The molecule has 1 aliphatic carbocycles. The van der Waals surface area contributed by atoms with Crippen molar-refractivity contribution in [2.24, 2.45) is 0 Å². The fourth-order valence-electron chi connectivity index (χ4n) is 5.14. The van der Waals surface area contributed by atoms with Crippen molar-refractivity contribution in [3.63, 3.8) is 0 Å². The van der Waals surface area contributed by atoms with Gasteiger partial charge >= 0.3 is 11.5 Å². The van der Waals surface area contributed by atoms with Crippen molar-refractivity contribution in [1.29, 1.82) is 0 Å². The fraction of sp³-hybridized carbons (Fsp3) is 0.300. The summed E-state index contributed by atoms with van der Waals surface area (Å²) in [6, 6.07) is 19.0. The molecule has 1 aliphatic heterocycles. The van der Waals surface area contributed by atoms with Crippen LogP contribution in [0.2, 0.25) is 5.02 Å². The number of anilines is 1. The second-order valence-corrected chi connectivity index (χ2v) is 11.0. The standard InChI is InChI=1S/C30H27ClF3NO3S/c1-18-15-23-16-24(38-39-30(32,33)34)11-12-25(23)29(21-6-3-19(4-7-21)5-14-28(36)37-2)35(18)27-13-10-22(17-26(27)31)20-8-9-20/h3-7,10-14,16-18,20,29H,8-9,15H2,1-2H3/b14-5+. The van der Waals surface area contributed by atoms with Gasteiger partial charge in [-0.25, -0.2) is 4.79 Å². The minimum absolute atomic E-state index is 0.00353. The summed E-state index contributed by atoms with van der Waals surface area (Å²) in [5.74, 6) is 0.294. The average molecular weight is 574 g/mol. The van der Waals surface area contributed by atoms with E-state index in [9.17, 15) is 18.0 Å². The van der Waals surface area contributed by atoms with Crippen molar-refractivity contribution in [3.05, 3.63) is 99.6 Å². The molecule has 3 aromatic carbocycles. The van der Waals surface area contributed by atoms with Crippen LogP contribution in [0.15, 0.2) is 66.7 Å². The van der Waals surface area contributed by atoms with Gasteiger partial charge in [0.2, 0.25) is 0 Å². The first-order chi connectivity index (χ1) is 18.6. The van der Waals surface area contributed by atoms with Gasteiger partial charge in [0.05, 0.1) is 23.9 Å². The van der Waals surface area contributed by atoms with Crippen molar-refractivity contribution >= 4 is 41.4 Å². The predicted octanol–water partition coefficient (Wildman–Crippen LogP) is 8.49. The van der Waals surface area contributed by atoms with Crippen molar-refractivity contribution in [3.8, 4) is 5.75 Å². The maximum atomic E-state index is 12.7. The number of methoxy groups -OCH3 is 1. The van der Waals surface area contributed by atoms with Crippen LogP contribution in [0.25, 0.3) is 6.08 Å². The summed E-state index contributed by atoms with van der Waals surface area (Å²) in [7, 11) is 1.33. The van der Waals surface area contributed by atoms with E-state index in [0.29, 0.717) is 17.4 Å². The highest BCUT2D eigenvalue weighted by Gasteiger charge is 2.36. The molecule has 0 radical (unpaired) electrons. The van der Waals surface area contributed by atoms with Gasteiger partial charge in [-0.05, 0) is 90.3 Å². The second kappa shape index (κ2) is 11.2. The van der Waals surface area contributed by atoms with Gasteiger partial charge in [0.15, 0.2) is 12.0 Å². The largest absolute Gasteiger partial charge is 0.479 e. The SMILES string of the molecule is COC(=O)/C=C/c1ccc(C2c3ccc(OSC(F)(F)F)cc3CC(C)N2c2ccc(C3CC3)cc2Cl)cc1. The smallest absolute Gasteiger partial charge is 0.466 e. The van der Waals surface area contributed by atoms with Crippen molar-refractivity contribution in [2.45, 2.75) is 49.7 Å². The summed E-state index contributed by atoms with van der Waals surface area (Å²) >= 11 is 6.36. The van der Waals surface area contributed by atoms with E-state index >= 15 is 0 Å². The molecule has 2 atom stereocenters. The topological polar surface area (TPSA) is 38.8 Å². The molecule has 2 unspecified atom stereocenters. The highest BCUT2D eigenvalue weighted by atomic mass is 35.5. The van der Waals surface area contributed by atoms with E-state index in [4.69, 9.17) is 15.8 Å². The first kappa shape index (κ1) is 27.5. The maximum Gasteiger partial charge on any atom is 0.479 e. The Bertz CT molecular complexity index is 1390. The summed E-state index contributed by atoms with van der Waals surface area (Å²) in [5.41, 5.74) is 1.37. The number of esters is 1. The lowest BCUT2D eigenvalue weighted by molar-refractivity contribution is -0.134. The molecule has 9 heteroatoms. The van der Waals surface area contributed by atoms with Crippen LogP contribution in [0.4, 0.5) is 18.9 Å². The highest BCUT2D eigenvalue weighted by molar-refractivity contribution is 7.95. The molecule has 3 aromatic rings. The summed E-state index contributed by atoms with van der Waals surface area (Å²) in [5, 5.41) is 0.680.